The van der Waals surface area contributed by atoms with E-state index in [2.05, 4.69) is 15.5 Å². The molecule has 1 aromatic carbocycles. The molecule has 0 aliphatic heterocycles. The van der Waals surface area contributed by atoms with E-state index in [4.69, 9.17) is 4.42 Å². The Bertz CT molecular complexity index is 707. The number of nitrogens with one attached hydrogen (secondary N) is 1. The van der Waals surface area contributed by atoms with Crippen LogP contribution in [0.2, 0.25) is 0 Å². The van der Waals surface area contributed by atoms with Gasteiger partial charge in [-0.3, -0.25) is 10.1 Å². The minimum atomic E-state index is -2.82. The lowest BCUT2D eigenvalue weighted by molar-refractivity contribution is 0.101. The summed E-state index contributed by atoms with van der Waals surface area (Å²) in [6.45, 7) is 3.38. The van der Waals surface area contributed by atoms with Gasteiger partial charge in [0.2, 0.25) is 5.89 Å². The molecule has 2 rings (SSSR count). The molecule has 0 aliphatic carbocycles. The van der Waals surface area contributed by atoms with Gasteiger partial charge in [0.25, 0.3) is 12.3 Å². The molecule has 1 N–H and O–H groups in total. The van der Waals surface area contributed by atoms with Gasteiger partial charge in [-0.15, -0.1) is 16.9 Å². The summed E-state index contributed by atoms with van der Waals surface area (Å²) in [7, 11) is 0. The maximum atomic E-state index is 14.5. The largest absolute Gasteiger partial charge is 0.408 e. The molecule has 1 aromatic heterocycles. The van der Waals surface area contributed by atoms with Crippen molar-refractivity contribution in [3.8, 4) is 0 Å². The van der Waals surface area contributed by atoms with Gasteiger partial charge in [-0.1, -0.05) is 18.1 Å². The lowest BCUT2D eigenvalue weighted by Gasteiger charge is -2.12. The minimum Gasteiger partial charge on any atom is -0.408 e. The summed E-state index contributed by atoms with van der Waals surface area (Å²) >= 11 is 0.958. The lowest BCUT2D eigenvalue weighted by atomic mass is 10.1. The van der Waals surface area contributed by atoms with E-state index in [-0.39, 0.29) is 22.4 Å². The van der Waals surface area contributed by atoms with Crippen LogP contribution in [0.3, 0.4) is 0 Å². The molecule has 23 heavy (non-hydrogen) atoms. The molecule has 9 heteroatoms. The van der Waals surface area contributed by atoms with Crippen LogP contribution in [0.15, 0.2) is 21.4 Å². The predicted molar refractivity (Wildman–Crippen MR) is 79.4 cm³/mol. The van der Waals surface area contributed by atoms with Crippen molar-refractivity contribution in [1.29, 1.82) is 0 Å². The average molecular weight is 345 g/mol. The quantitative estimate of drug-likeness (QED) is 0.794. The number of anilines is 1. The normalized spacial score (nSPS) is 11.0. The van der Waals surface area contributed by atoms with Crippen LogP contribution < -0.4 is 5.32 Å². The average Bonchev–Trinajstić information content (AvgIpc) is 2.90. The Balaban J connectivity index is 2.32. The molecule has 0 unspecified atom stereocenters. The van der Waals surface area contributed by atoms with E-state index in [1.54, 1.807) is 0 Å². The Kier molecular flexibility index (Phi) is 5.64. The molecular weight excluding hydrogens is 331 g/mol. The van der Waals surface area contributed by atoms with Crippen LogP contribution in [-0.2, 0) is 0 Å². The van der Waals surface area contributed by atoms with Gasteiger partial charge in [-0.2, -0.15) is 0 Å². The van der Waals surface area contributed by atoms with Crippen LogP contribution in [-0.4, -0.2) is 21.9 Å². The molecule has 0 radical (unpaired) electrons. The fourth-order valence-corrected chi connectivity index (χ4v) is 2.75. The number of nitrogens with zero attached hydrogens (tertiary/aromatic N) is 2. The summed E-state index contributed by atoms with van der Waals surface area (Å²) in [4.78, 5) is 11.9. The number of rotatable bonds is 6. The van der Waals surface area contributed by atoms with Crippen LogP contribution >= 0.6 is 11.8 Å². The minimum absolute atomic E-state index is 0.187. The number of aryl methyl sites for hydroxylation is 1. The number of carbonyl (C=O) groups is 1. The highest BCUT2D eigenvalue weighted by molar-refractivity contribution is 7.99. The highest BCUT2D eigenvalue weighted by Gasteiger charge is 2.23. The smallest absolute Gasteiger partial charge is 0.322 e. The Morgan fingerprint density at radius 2 is 2.13 bits per heavy atom. The summed E-state index contributed by atoms with van der Waals surface area (Å²) in [5, 5.41) is 9.32. The van der Waals surface area contributed by atoms with Crippen molar-refractivity contribution in [3.63, 3.8) is 0 Å². The molecule has 124 valence electrons. The molecule has 1 heterocycles. The zero-order valence-corrected chi connectivity index (χ0v) is 13.2. The molecule has 0 atom stereocenters. The standard InChI is InChI=1S/C14H14F3N3O2S/c1-3-6-23-11-9(12(16)17)5-4-8(10(11)15)13(21)18-14-20-19-7(2)22-14/h4-5,12H,3,6H2,1-2H3,(H,18,20,21). The molecule has 0 saturated carbocycles. The van der Waals surface area contributed by atoms with Crippen LogP contribution in [0.25, 0.3) is 0 Å². The van der Waals surface area contributed by atoms with Crippen LogP contribution in [0.5, 0.6) is 0 Å². The van der Waals surface area contributed by atoms with Crippen molar-refractivity contribution in [2.75, 3.05) is 11.1 Å². The molecule has 0 bridgehead atoms. The van der Waals surface area contributed by atoms with E-state index in [0.29, 0.717) is 12.2 Å². The van der Waals surface area contributed by atoms with E-state index in [1.807, 2.05) is 6.92 Å². The molecule has 0 spiro atoms. The second-order valence-electron chi connectivity index (χ2n) is 4.57. The summed E-state index contributed by atoms with van der Waals surface area (Å²) in [5.74, 6) is -1.13. The van der Waals surface area contributed by atoms with Gasteiger partial charge in [-0.25, -0.2) is 13.2 Å². The maximum Gasteiger partial charge on any atom is 0.322 e. The van der Waals surface area contributed by atoms with E-state index in [0.717, 1.165) is 23.9 Å². The third-order valence-corrected chi connectivity index (χ3v) is 4.12. The molecule has 5 nitrogen and oxygen atoms in total. The first-order chi connectivity index (χ1) is 10.9. The number of aromatic nitrogens is 2. The van der Waals surface area contributed by atoms with E-state index >= 15 is 0 Å². The highest BCUT2D eigenvalue weighted by atomic mass is 32.2. The van der Waals surface area contributed by atoms with Gasteiger partial charge < -0.3 is 4.42 Å². The first-order valence-electron chi connectivity index (χ1n) is 6.78. The van der Waals surface area contributed by atoms with Crippen molar-refractivity contribution in [2.24, 2.45) is 0 Å². The number of hydrogen-bond donors (Lipinski definition) is 1. The monoisotopic (exact) mass is 345 g/mol. The van der Waals surface area contributed by atoms with Crippen molar-refractivity contribution in [1.82, 2.24) is 10.2 Å². The van der Waals surface area contributed by atoms with E-state index < -0.39 is 23.7 Å². The number of halogens is 3. The van der Waals surface area contributed by atoms with E-state index in [1.165, 1.54) is 6.92 Å². The van der Waals surface area contributed by atoms with Crippen LogP contribution in [0, 0.1) is 12.7 Å². The van der Waals surface area contributed by atoms with Gasteiger partial charge in [0.15, 0.2) is 0 Å². The summed E-state index contributed by atoms with van der Waals surface area (Å²) in [6.07, 6.45) is -2.13. The Morgan fingerprint density at radius 1 is 1.39 bits per heavy atom. The SMILES string of the molecule is CCCSc1c(C(F)F)ccc(C(=O)Nc2nnc(C)o2)c1F. The summed E-state index contributed by atoms with van der Waals surface area (Å²) < 4.78 is 45.5. The maximum absolute atomic E-state index is 14.5. The fourth-order valence-electron chi connectivity index (χ4n) is 1.78. The van der Waals surface area contributed by atoms with Crippen molar-refractivity contribution < 1.29 is 22.4 Å². The first-order valence-corrected chi connectivity index (χ1v) is 7.77. The third kappa shape index (κ3) is 4.04. The van der Waals surface area contributed by atoms with Gasteiger partial charge in [0, 0.05) is 12.5 Å². The van der Waals surface area contributed by atoms with Crippen LogP contribution in [0.4, 0.5) is 19.2 Å². The Morgan fingerprint density at radius 3 is 2.70 bits per heavy atom. The second-order valence-corrected chi connectivity index (χ2v) is 5.68. The van der Waals surface area contributed by atoms with Gasteiger partial charge in [0.1, 0.15) is 5.82 Å². The van der Waals surface area contributed by atoms with Crippen molar-refractivity contribution in [3.05, 3.63) is 35.0 Å². The Hall–Kier alpha value is -2.03. The molecule has 0 saturated heterocycles. The molecule has 0 aliphatic rings. The molecule has 2 aromatic rings. The number of thioether (sulfide) groups is 1. The first kappa shape index (κ1) is 17.3. The number of amides is 1. The van der Waals surface area contributed by atoms with E-state index in [9.17, 15) is 18.0 Å². The topological polar surface area (TPSA) is 68.0 Å². The third-order valence-electron chi connectivity index (χ3n) is 2.80. The zero-order chi connectivity index (χ0) is 17.0. The predicted octanol–water partition coefficient (Wildman–Crippen LogP) is 4.21. The summed E-state index contributed by atoms with van der Waals surface area (Å²) in [5.41, 5.74) is -0.782. The van der Waals surface area contributed by atoms with Gasteiger partial charge >= 0.3 is 6.01 Å². The zero-order valence-electron chi connectivity index (χ0n) is 12.4. The van der Waals surface area contributed by atoms with Gasteiger partial charge in [0.05, 0.1) is 10.5 Å². The van der Waals surface area contributed by atoms with Crippen molar-refractivity contribution >= 4 is 23.7 Å². The number of hydrogen-bond acceptors (Lipinski definition) is 5. The second kappa shape index (κ2) is 7.49. The molecule has 1 amide bonds. The molecular formula is C14H14F3N3O2S. The summed E-state index contributed by atoms with van der Waals surface area (Å²) in [6, 6.07) is 1.89. The van der Waals surface area contributed by atoms with Crippen LogP contribution in [0.1, 0.15) is 41.6 Å². The van der Waals surface area contributed by atoms with Gasteiger partial charge in [-0.05, 0) is 18.2 Å². The molecule has 0 fully saturated rings. The number of alkyl halides is 2. The number of carbonyl (C=O) groups excluding carboxylic acids is 1. The number of benzene rings is 1. The van der Waals surface area contributed by atoms with Crippen molar-refractivity contribution in [2.45, 2.75) is 31.6 Å². The highest BCUT2D eigenvalue weighted by Crippen LogP contribution is 2.34. The lowest BCUT2D eigenvalue weighted by Crippen LogP contribution is -2.15. The fraction of sp³-hybridized carbons (Fsp3) is 0.357. The Labute approximate surface area is 134 Å².